The molecule has 0 heterocycles. The van der Waals surface area contributed by atoms with Gasteiger partial charge in [-0.1, -0.05) is 97.1 Å². The number of hydrazone groups is 1. The number of hydrogen-bond acceptors (Lipinski definition) is 2. The second-order valence-electron chi connectivity index (χ2n) is 7.33. The Morgan fingerprint density at radius 3 is 1.76 bits per heavy atom. The van der Waals surface area contributed by atoms with E-state index in [1.54, 1.807) is 0 Å². The Balaban J connectivity index is 1.54. The van der Waals surface area contributed by atoms with Gasteiger partial charge in [-0.05, 0) is 39.9 Å². The van der Waals surface area contributed by atoms with Gasteiger partial charge < -0.3 is 0 Å². The van der Waals surface area contributed by atoms with Crippen molar-refractivity contribution in [2.45, 2.75) is 12.3 Å². The van der Waals surface area contributed by atoms with Crippen molar-refractivity contribution >= 4 is 11.4 Å². The molecule has 0 amide bonds. The molecule has 0 saturated carbocycles. The monoisotopic (exact) mass is 374 g/mol. The molecule has 0 aromatic heterocycles. The molecule has 29 heavy (non-hydrogen) atoms. The summed E-state index contributed by atoms with van der Waals surface area (Å²) in [6.07, 6.45) is 0.845. The molecule has 2 heteroatoms. The molecule has 0 radical (unpaired) electrons. The summed E-state index contributed by atoms with van der Waals surface area (Å²) in [5.41, 5.74) is 11.9. The van der Waals surface area contributed by atoms with Crippen LogP contribution in [0.5, 0.6) is 0 Å². The molecule has 0 fully saturated rings. The lowest BCUT2D eigenvalue weighted by molar-refractivity contribution is 0.880. The van der Waals surface area contributed by atoms with Crippen molar-refractivity contribution in [2.24, 2.45) is 5.10 Å². The summed E-state index contributed by atoms with van der Waals surface area (Å²) in [6.45, 7) is 0. The lowest BCUT2D eigenvalue weighted by Gasteiger charge is -2.16. The molecule has 4 aromatic rings. The molecule has 0 aliphatic heterocycles. The molecule has 0 unspecified atom stereocenters. The Hall–Kier alpha value is -3.65. The number of benzene rings is 4. The van der Waals surface area contributed by atoms with Gasteiger partial charge in [0.05, 0.1) is 11.4 Å². The Kier molecular flexibility index (Phi) is 4.67. The lowest BCUT2D eigenvalue weighted by atomic mass is 9.89. The third kappa shape index (κ3) is 3.45. The van der Waals surface area contributed by atoms with Crippen LogP contribution in [-0.4, -0.2) is 5.71 Å². The van der Waals surface area contributed by atoms with Crippen molar-refractivity contribution in [1.29, 1.82) is 0 Å². The van der Waals surface area contributed by atoms with E-state index in [1.807, 2.05) is 36.4 Å². The van der Waals surface area contributed by atoms with Gasteiger partial charge in [-0.15, -0.1) is 0 Å². The Morgan fingerprint density at radius 2 is 1.14 bits per heavy atom. The van der Waals surface area contributed by atoms with Crippen molar-refractivity contribution in [3.63, 3.8) is 0 Å². The fourth-order valence-electron chi connectivity index (χ4n) is 4.18. The van der Waals surface area contributed by atoms with Crippen molar-refractivity contribution < 1.29 is 0 Å². The van der Waals surface area contributed by atoms with Crippen LogP contribution in [0.3, 0.4) is 0 Å². The molecule has 0 atom stereocenters. The fraction of sp³-hybridized carbons (Fsp3) is 0.0741. The van der Waals surface area contributed by atoms with Gasteiger partial charge in [0.25, 0.3) is 0 Å². The van der Waals surface area contributed by atoms with E-state index in [-0.39, 0.29) is 0 Å². The highest BCUT2D eigenvalue weighted by molar-refractivity contribution is 6.02. The Bertz CT molecular complexity index is 1100. The number of nitrogens with one attached hydrogen (secondary N) is 1. The predicted molar refractivity (Wildman–Crippen MR) is 121 cm³/mol. The summed E-state index contributed by atoms with van der Waals surface area (Å²) in [6, 6.07) is 38.1. The highest BCUT2D eigenvalue weighted by Crippen LogP contribution is 2.46. The third-order valence-corrected chi connectivity index (χ3v) is 5.56. The van der Waals surface area contributed by atoms with Crippen molar-refractivity contribution in [3.05, 3.63) is 126 Å². The molecule has 2 nitrogen and oxygen atoms in total. The highest BCUT2D eigenvalue weighted by Gasteiger charge is 2.29. The van der Waals surface area contributed by atoms with Gasteiger partial charge in [-0.3, -0.25) is 5.43 Å². The standard InChI is InChI=1S/C27H22N2/c1-3-11-20(12-4-1)27(29-28-21-13-5-2-6-14-21)19-26-24-17-9-7-15-22(24)23-16-8-10-18-25(23)26/h1-18,26,28H,19H2. The maximum atomic E-state index is 4.84. The largest absolute Gasteiger partial charge is 0.278 e. The Labute approximate surface area is 171 Å². The summed E-state index contributed by atoms with van der Waals surface area (Å²) in [5, 5.41) is 4.84. The van der Waals surface area contributed by atoms with Crippen LogP contribution < -0.4 is 5.43 Å². The number of hydrogen-bond donors (Lipinski definition) is 1. The lowest BCUT2D eigenvalue weighted by Crippen LogP contribution is -2.10. The average molecular weight is 374 g/mol. The zero-order valence-electron chi connectivity index (χ0n) is 16.1. The maximum absolute atomic E-state index is 4.84. The number of anilines is 1. The Morgan fingerprint density at radius 1 is 0.621 bits per heavy atom. The van der Waals surface area contributed by atoms with Gasteiger partial charge in [-0.2, -0.15) is 5.10 Å². The van der Waals surface area contributed by atoms with Crippen molar-refractivity contribution in [3.8, 4) is 11.1 Å². The van der Waals surface area contributed by atoms with Crippen LogP contribution in [0.25, 0.3) is 11.1 Å². The number of rotatable bonds is 5. The second-order valence-corrected chi connectivity index (χ2v) is 7.33. The van der Waals surface area contributed by atoms with Gasteiger partial charge >= 0.3 is 0 Å². The highest BCUT2D eigenvalue weighted by atomic mass is 15.3. The van der Waals surface area contributed by atoms with Crippen LogP contribution >= 0.6 is 0 Å². The third-order valence-electron chi connectivity index (χ3n) is 5.56. The molecule has 0 saturated heterocycles. The summed E-state index contributed by atoms with van der Waals surface area (Å²) in [4.78, 5) is 0. The first-order valence-corrected chi connectivity index (χ1v) is 10.0. The summed E-state index contributed by atoms with van der Waals surface area (Å²) in [5.74, 6) is 0.305. The predicted octanol–water partition coefficient (Wildman–Crippen LogP) is 6.71. The smallest absolute Gasteiger partial charge is 0.0688 e. The number of nitrogens with zero attached hydrogens (tertiary/aromatic N) is 1. The first kappa shape index (κ1) is 17.4. The summed E-state index contributed by atoms with van der Waals surface area (Å²) < 4.78 is 0. The van der Waals surface area contributed by atoms with Gasteiger partial charge in [0, 0.05) is 12.3 Å². The molecular weight excluding hydrogens is 352 g/mol. The molecule has 4 aromatic carbocycles. The van der Waals surface area contributed by atoms with Crippen LogP contribution in [0.15, 0.2) is 114 Å². The summed E-state index contributed by atoms with van der Waals surface area (Å²) >= 11 is 0. The molecule has 0 spiro atoms. The minimum absolute atomic E-state index is 0.305. The minimum atomic E-state index is 0.305. The fourth-order valence-corrected chi connectivity index (χ4v) is 4.18. The van der Waals surface area contributed by atoms with E-state index in [0.29, 0.717) is 5.92 Å². The van der Waals surface area contributed by atoms with E-state index in [0.717, 1.165) is 23.4 Å². The summed E-state index contributed by atoms with van der Waals surface area (Å²) in [7, 11) is 0. The second kappa shape index (κ2) is 7.76. The van der Waals surface area contributed by atoms with E-state index in [9.17, 15) is 0 Å². The van der Waals surface area contributed by atoms with Gasteiger partial charge in [-0.25, -0.2) is 0 Å². The zero-order chi connectivity index (χ0) is 19.5. The molecular formula is C27H22N2. The quantitative estimate of drug-likeness (QED) is 0.305. The van der Waals surface area contributed by atoms with Crippen molar-refractivity contribution in [1.82, 2.24) is 0 Å². The van der Waals surface area contributed by atoms with Crippen LogP contribution in [-0.2, 0) is 0 Å². The SMILES string of the molecule is c1ccc(NN=C(CC2c3ccccc3-c3ccccc32)c2ccccc2)cc1. The van der Waals surface area contributed by atoms with E-state index in [4.69, 9.17) is 5.10 Å². The zero-order valence-corrected chi connectivity index (χ0v) is 16.1. The number of fused-ring (bicyclic) bond motifs is 3. The topological polar surface area (TPSA) is 24.4 Å². The normalized spacial score (nSPS) is 13.0. The molecule has 5 rings (SSSR count). The first-order chi connectivity index (χ1) is 14.4. The molecule has 0 bridgehead atoms. The average Bonchev–Trinajstić information content (AvgIpc) is 3.12. The van der Waals surface area contributed by atoms with E-state index in [2.05, 4.69) is 78.2 Å². The molecule has 1 aliphatic rings. The van der Waals surface area contributed by atoms with Crippen LogP contribution in [0.4, 0.5) is 5.69 Å². The van der Waals surface area contributed by atoms with Crippen LogP contribution in [0.2, 0.25) is 0 Å². The van der Waals surface area contributed by atoms with E-state index >= 15 is 0 Å². The van der Waals surface area contributed by atoms with Gasteiger partial charge in [0.2, 0.25) is 0 Å². The molecule has 1 N–H and O–H groups in total. The maximum Gasteiger partial charge on any atom is 0.0688 e. The van der Waals surface area contributed by atoms with Crippen LogP contribution in [0, 0.1) is 0 Å². The molecule has 1 aliphatic carbocycles. The molecule has 140 valence electrons. The van der Waals surface area contributed by atoms with Crippen LogP contribution in [0.1, 0.15) is 29.0 Å². The van der Waals surface area contributed by atoms with E-state index < -0.39 is 0 Å². The van der Waals surface area contributed by atoms with Crippen molar-refractivity contribution in [2.75, 3.05) is 5.43 Å². The minimum Gasteiger partial charge on any atom is -0.278 e. The first-order valence-electron chi connectivity index (χ1n) is 10.0. The van der Waals surface area contributed by atoms with Gasteiger partial charge in [0.1, 0.15) is 0 Å². The van der Waals surface area contributed by atoms with Gasteiger partial charge in [0.15, 0.2) is 0 Å². The number of para-hydroxylation sites is 1. The van der Waals surface area contributed by atoms with E-state index in [1.165, 1.54) is 22.3 Å².